The first-order valence-corrected chi connectivity index (χ1v) is 7.81. The lowest BCUT2D eigenvalue weighted by Crippen LogP contribution is -2.27. The van der Waals surface area contributed by atoms with Crippen LogP contribution in [0.25, 0.3) is 21.7 Å². The lowest BCUT2D eigenvalue weighted by molar-refractivity contribution is 0.0955. The molecule has 0 spiro atoms. The minimum absolute atomic E-state index is 0. The molecule has 0 unspecified atom stereocenters. The van der Waals surface area contributed by atoms with Crippen LogP contribution in [0.1, 0.15) is 16.8 Å². The van der Waals surface area contributed by atoms with Crippen LogP contribution in [-0.4, -0.2) is 28.3 Å². The van der Waals surface area contributed by atoms with Gasteiger partial charge in [0.25, 0.3) is 5.91 Å². The Morgan fingerprint density at radius 2 is 2.12 bits per heavy atom. The first kappa shape index (κ1) is 17.8. The van der Waals surface area contributed by atoms with Crippen molar-refractivity contribution in [2.24, 2.45) is 5.73 Å². The number of thiophene rings is 1. The normalized spacial score (nSPS) is 10.3. The van der Waals surface area contributed by atoms with Gasteiger partial charge in [-0.15, -0.1) is 23.7 Å². The van der Waals surface area contributed by atoms with Gasteiger partial charge in [0.2, 0.25) is 0 Å². The minimum atomic E-state index is -0.210. The molecule has 0 atom stereocenters. The Morgan fingerprint density at radius 1 is 1.33 bits per heavy atom. The number of hydrogen-bond acceptors (Lipinski definition) is 5. The summed E-state index contributed by atoms with van der Waals surface area (Å²) < 4.78 is 0. The lowest BCUT2D eigenvalue weighted by atomic mass is 10.2. The third kappa shape index (κ3) is 3.84. The highest BCUT2D eigenvalue weighted by Crippen LogP contribution is 2.29. The van der Waals surface area contributed by atoms with E-state index in [0.29, 0.717) is 24.0 Å². The summed E-state index contributed by atoms with van der Waals surface area (Å²) in [5.74, 6) is 0.571. The van der Waals surface area contributed by atoms with Crippen molar-refractivity contribution in [1.29, 1.82) is 5.41 Å². The molecule has 2 heterocycles. The maximum Gasteiger partial charge on any atom is 0.251 e. The van der Waals surface area contributed by atoms with Crippen LogP contribution >= 0.6 is 23.7 Å². The Morgan fingerprint density at radius 3 is 2.79 bits per heavy atom. The molecule has 1 amide bonds. The number of amides is 1. The number of halogens is 1. The van der Waals surface area contributed by atoms with Gasteiger partial charge in [-0.3, -0.25) is 10.2 Å². The molecule has 1 aromatic carbocycles. The molecule has 7 N–H and O–H groups in total. The molecule has 0 fully saturated rings. The van der Waals surface area contributed by atoms with E-state index in [4.69, 9.17) is 16.9 Å². The quantitative estimate of drug-likeness (QED) is 0.351. The number of H-pyrrole nitrogens is 1. The molecular weight excluding hydrogens is 348 g/mol. The number of carbonyl (C=O) groups is 1. The number of fused-ring (bicyclic) bond motifs is 1. The maximum atomic E-state index is 12.1. The number of nitrogen functional groups attached to an aromatic ring is 1. The fourth-order valence-electron chi connectivity index (χ4n) is 2.16. The van der Waals surface area contributed by atoms with E-state index >= 15 is 0 Å². The number of rotatable bonds is 5. The van der Waals surface area contributed by atoms with Gasteiger partial charge in [-0.1, -0.05) is 0 Å². The molecule has 7 nitrogen and oxygen atoms in total. The van der Waals surface area contributed by atoms with Gasteiger partial charge in [0.05, 0.1) is 26.7 Å². The van der Waals surface area contributed by atoms with Crippen molar-refractivity contribution in [3.63, 3.8) is 0 Å². The average molecular weight is 365 g/mol. The van der Waals surface area contributed by atoms with Crippen LogP contribution in [-0.2, 0) is 0 Å². The zero-order valence-electron chi connectivity index (χ0n) is 12.6. The lowest BCUT2D eigenvalue weighted by Gasteiger charge is -2.04. The number of nitrogens with two attached hydrogens (primary N) is 2. The molecule has 0 saturated carbocycles. The summed E-state index contributed by atoms with van der Waals surface area (Å²) in [5.41, 5.74) is 13.1. The first-order valence-electron chi connectivity index (χ1n) is 6.99. The van der Waals surface area contributed by atoms with Crippen molar-refractivity contribution in [2.75, 3.05) is 12.3 Å². The van der Waals surface area contributed by atoms with E-state index in [2.05, 4.69) is 15.3 Å². The van der Waals surface area contributed by atoms with Gasteiger partial charge in [-0.25, -0.2) is 4.98 Å². The Hall–Kier alpha value is -2.58. The van der Waals surface area contributed by atoms with Crippen LogP contribution in [0, 0.1) is 5.41 Å². The van der Waals surface area contributed by atoms with Crippen molar-refractivity contribution < 1.29 is 4.79 Å². The van der Waals surface area contributed by atoms with E-state index in [0.717, 1.165) is 21.2 Å². The molecule has 24 heavy (non-hydrogen) atoms. The summed E-state index contributed by atoms with van der Waals surface area (Å²) >= 11 is 1.45. The van der Waals surface area contributed by atoms with E-state index in [1.54, 1.807) is 12.1 Å². The zero-order chi connectivity index (χ0) is 16.4. The molecule has 3 aromatic rings. The highest BCUT2D eigenvalue weighted by molar-refractivity contribution is 7.19. The predicted octanol–water partition coefficient (Wildman–Crippen LogP) is 2.35. The maximum absolute atomic E-state index is 12.1. The number of benzene rings is 1. The number of hydrogen-bond donors (Lipinski definition) is 5. The molecular formula is C15H17ClN6OS. The molecule has 0 aliphatic heterocycles. The largest absolute Gasteiger partial charge is 0.391 e. The van der Waals surface area contributed by atoms with Gasteiger partial charge in [0, 0.05) is 18.5 Å². The number of nitrogens with zero attached hydrogens (tertiary/aromatic N) is 1. The topological polar surface area (TPSA) is 134 Å². The van der Waals surface area contributed by atoms with Gasteiger partial charge < -0.3 is 21.8 Å². The van der Waals surface area contributed by atoms with Gasteiger partial charge in [0.15, 0.2) is 0 Å². The summed E-state index contributed by atoms with van der Waals surface area (Å²) in [7, 11) is 0. The first-order chi connectivity index (χ1) is 11.0. The van der Waals surface area contributed by atoms with Crippen LogP contribution in [0.5, 0.6) is 0 Å². The van der Waals surface area contributed by atoms with Crippen molar-refractivity contribution in [3.8, 4) is 10.7 Å². The second kappa shape index (κ2) is 7.33. The Balaban J connectivity index is 0.00000208. The number of nitrogens with one attached hydrogen (secondary N) is 3. The third-order valence-electron chi connectivity index (χ3n) is 3.29. The Labute approximate surface area is 148 Å². The fourth-order valence-corrected chi connectivity index (χ4v) is 2.88. The van der Waals surface area contributed by atoms with Gasteiger partial charge in [-0.2, -0.15) is 0 Å². The third-order valence-corrected chi connectivity index (χ3v) is 4.21. The SMILES string of the molecule is Cl.N=C(N)CCNC(=O)c1ccc2[nH]c(-c3ccc(N)s3)nc2c1. The Kier molecular flexibility index (Phi) is 5.42. The predicted molar refractivity (Wildman–Crippen MR) is 99.9 cm³/mol. The zero-order valence-corrected chi connectivity index (χ0v) is 14.3. The van der Waals surface area contributed by atoms with E-state index in [-0.39, 0.29) is 24.1 Å². The number of amidine groups is 1. The van der Waals surface area contributed by atoms with Gasteiger partial charge in [0.1, 0.15) is 5.82 Å². The number of anilines is 1. The number of carbonyl (C=O) groups excluding carboxylic acids is 1. The summed E-state index contributed by atoms with van der Waals surface area (Å²) in [6.07, 6.45) is 0.334. The van der Waals surface area contributed by atoms with Crippen molar-refractivity contribution in [3.05, 3.63) is 35.9 Å². The summed E-state index contributed by atoms with van der Waals surface area (Å²) in [5, 5.41) is 10.6. The number of aromatic nitrogens is 2. The van der Waals surface area contributed by atoms with Crippen LogP contribution in [0.3, 0.4) is 0 Å². The van der Waals surface area contributed by atoms with Gasteiger partial charge in [-0.05, 0) is 30.3 Å². The highest BCUT2D eigenvalue weighted by atomic mass is 35.5. The van der Waals surface area contributed by atoms with E-state index in [1.807, 2.05) is 18.2 Å². The van der Waals surface area contributed by atoms with Crippen molar-refractivity contribution >= 4 is 51.5 Å². The van der Waals surface area contributed by atoms with E-state index < -0.39 is 0 Å². The molecule has 0 saturated heterocycles. The molecule has 0 aliphatic carbocycles. The van der Waals surface area contributed by atoms with Crippen molar-refractivity contribution in [2.45, 2.75) is 6.42 Å². The molecule has 126 valence electrons. The number of imidazole rings is 1. The van der Waals surface area contributed by atoms with Gasteiger partial charge >= 0.3 is 0 Å². The summed E-state index contributed by atoms with van der Waals surface area (Å²) in [6.45, 7) is 0.340. The van der Waals surface area contributed by atoms with Crippen LogP contribution in [0.15, 0.2) is 30.3 Å². The number of aromatic amines is 1. The Bertz CT molecular complexity index is 887. The second-order valence-corrected chi connectivity index (χ2v) is 6.17. The molecule has 0 aliphatic rings. The minimum Gasteiger partial charge on any atom is -0.391 e. The average Bonchev–Trinajstić information content (AvgIpc) is 3.11. The van der Waals surface area contributed by atoms with Crippen LogP contribution in [0.2, 0.25) is 0 Å². The van der Waals surface area contributed by atoms with Crippen molar-refractivity contribution in [1.82, 2.24) is 15.3 Å². The summed E-state index contributed by atoms with van der Waals surface area (Å²) in [4.78, 5) is 20.8. The second-order valence-electron chi connectivity index (χ2n) is 5.05. The molecule has 3 rings (SSSR count). The molecule has 9 heteroatoms. The molecule has 0 bridgehead atoms. The van der Waals surface area contributed by atoms with Crippen LogP contribution in [0.4, 0.5) is 5.00 Å². The molecule has 0 radical (unpaired) electrons. The fraction of sp³-hybridized carbons (Fsp3) is 0.133. The molecule has 2 aromatic heterocycles. The highest BCUT2D eigenvalue weighted by Gasteiger charge is 2.11. The summed E-state index contributed by atoms with van der Waals surface area (Å²) in [6, 6.07) is 9.03. The van der Waals surface area contributed by atoms with E-state index in [9.17, 15) is 4.79 Å². The van der Waals surface area contributed by atoms with Crippen LogP contribution < -0.4 is 16.8 Å². The smallest absolute Gasteiger partial charge is 0.251 e. The standard InChI is InChI=1S/C15H16N6OS.ClH/c16-12(17)5-6-19-15(22)8-1-2-9-10(7-8)21-14(20-9)11-3-4-13(18)23-11;/h1-4,7H,5-6,18H2,(H3,16,17)(H,19,22)(H,20,21);1H. The van der Waals surface area contributed by atoms with E-state index in [1.165, 1.54) is 11.3 Å². The monoisotopic (exact) mass is 364 g/mol.